The minimum atomic E-state index is -0.563. The number of thioether (sulfide) groups is 1. The third-order valence-electron chi connectivity index (χ3n) is 5.41. The predicted octanol–water partition coefficient (Wildman–Crippen LogP) is 5.64. The van der Waals surface area contributed by atoms with Gasteiger partial charge in [-0.15, -0.1) is 11.8 Å². The minimum Gasteiger partial charge on any atom is -0.444 e. The highest BCUT2D eigenvalue weighted by Gasteiger charge is 2.34. The van der Waals surface area contributed by atoms with E-state index in [4.69, 9.17) is 33.7 Å². The highest BCUT2D eigenvalue weighted by Crippen LogP contribution is 2.36. The van der Waals surface area contributed by atoms with Crippen LogP contribution >= 0.6 is 35.0 Å². The summed E-state index contributed by atoms with van der Waals surface area (Å²) in [6, 6.07) is 11.4. The minimum absolute atomic E-state index is 0.165. The predicted molar refractivity (Wildman–Crippen MR) is 141 cm³/mol. The van der Waals surface area contributed by atoms with Crippen LogP contribution in [0.4, 0.5) is 10.6 Å². The summed E-state index contributed by atoms with van der Waals surface area (Å²) in [6.45, 7) is 7.25. The van der Waals surface area contributed by atoms with Crippen LogP contribution in [0.2, 0.25) is 10.0 Å². The summed E-state index contributed by atoms with van der Waals surface area (Å²) in [4.78, 5) is 25.8. The molecule has 4 rings (SSSR count). The number of hydrogen-bond acceptors (Lipinski definition) is 7. The second kappa shape index (κ2) is 10.2. The van der Waals surface area contributed by atoms with E-state index in [0.717, 1.165) is 27.8 Å². The number of fused-ring (bicyclic) bond motifs is 1. The highest BCUT2D eigenvalue weighted by atomic mass is 35.5. The molecule has 2 aromatic carbocycles. The van der Waals surface area contributed by atoms with Crippen molar-refractivity contribution in [1.29, 1.82) is 0 Å². The molecule has 2 N–H and O–H groups in total. The smallest absolute Gasteiger partial charge is 0.411 e. The number of nitrogens with two attached hydrogens (primary N) is 1. The first-order valence-corrected chi connectivity index (χ1v) is 12.7. The second-order valence-electron chi connectivity index (χ2n) is 8.96. The summed E-state index contributed by atoms with van der Waals surface area (Å²) in [5, 5.41) is 1.99. The Balaban J connectivity index is 1.67. The Morgan fingerprint density at radius 2 is 1.91 bits per heavy atom. The number of ether oxygens (including phenoxy) is 1. The summed E-state index contributed by atoms with van der Waals surface area (Å²) >= 11 is 14.2. The summed E-state index contributed by atoms with van der Waals surface area (Å²) in [5.74, 6) is 1.18. The van der Waals surface area contributed by atoms with Crippen LogP contribution in [0.1, 0.15) is 20.8 Å². The number of nitrogens with zero attached hydrogens (tertiary/aromatic N) is 4. The van der Waals surface area contributed by atoms with Gasteiger partial charge in [0.1, 0.15) is 17.7 Å². The molecule has 1 aliphatic heterocycles. The van der Waals surface area contributed by atoms with E-state index >= 15 is 0 Å². The number of anilines is 1. The van der Waals surface area contributed by atoms with E-state index < -0.39 is 5.60 Å². The SMILES string of the molecule is CC(C)(C)OC(=O)N1CCN(c2ncnc3cc(Cl)c(-c4ccc(Cl)cc4)cc23)CC1SCN. The zero-order valence-electron chi connectivity index (χ0n) is 19.3. The lowest BCUT2D eigenvalue weighted by Gasteiger charge is -2.41. The van der Waals surface area contributed by atoms with E-state index in [9.17, 15) is 4.79 Å². The van der Waals surface area contributed by atoms with Crippen LogP contribution in [-0.4, -0.2) is 57.4 Å². The number of carbonyl (C=O) groups is 1. The molecule has 0 bridgehead atoms. The maximum Gasteiger partial charge on any atom is 0.411 e. The highest BCUT2D eigenvalue weighted by molar-refractivity contribution is 7.99. The van der Waals surface area contributed by atoms with Crippen molar-refractivity contribution in [2.75, 3.05) is 30.4 Å². The Bertz CT molecular complexity index is 1190. The van der Waals surface area contributed by atoms with Gasteiger partial charge in [-0.3, -0.25) is 4.90 Å². The Labute approximate surface area is 213 Å². The van der Waals surface area contributed by atoms with Crippen molar-refractivity contribution in [3.8, 4) is 11.1 Å². The third kappa shape index (κ3) is 5.51. The number of hydrogen-bond donors (Lipinski definition) is 1. The van der Waals surface area contributed by atoms with Gasteiger partial charge in [-0.25, -0.2) is 14.8 Å². The number of amides is 1. The number of carbonyl (C=O) groups excluding carboxylic acids is 1. The van der Waals surface area contributed by atoms with Crippen molar-refractivity contribution in [2.45, 2.75) is 31.7 Å². The molecule has 1 unspecified atom stereocenters. The first kappa shape index (κ1) is 24.9. The Hall–Kier alpha value is -2.26. The molecule has 1 atom stereocenters. The molecule has 1 aromatic heterocycles. The largest absolute Gasteiger partial charge is 0.444 e. The number of rotatable bonds is 4. The molecule has 0 aliphatic carbocycles. The van der Waals surface area contributed by atoms with E-state index in [1.807, 2.05) is 57.2 Å². The van der Waals surface area contributed by atoms with Crippen molar-refractivity contribution < 1.29 is 9.53 Å². The Morgan fingerprint density at radius 1 is 1.18 bits per heavy atom. The van der Waals surface area contributed by atoms with Crippen LogP contribution in [-0.2, 0) is 4.74 Å². The van der Waals surface area contributed by atoms with E-state index in [0.29, 0.717) is 35.6 Å². The number of halogens is 2. The summed E-state index contributed by atoms with van der Waals surface area (Å²) in [6.07, 6.45) is 1.21. The van der Waals surface area contributed by atoms with Crippen LogP contribution in [0.5, 0.6) is 0 Å². The van der Waals surface area contributed by atoms with Gasteiger partial charge in [0.25, 0.3) is 0 Å². The van der Waals surface area contributed by atoms with Crippen LogP contribution in [0.25, 0.3) is 22.0 Å². The van der Waals surface area contributed by atoms with Crippen molar-refractivity contribution in [3.63, 3.8) is 0 Å². The standard InChI is InChI=1S/C24H27Cl2N5O2S/c1-24(2,3)33-23(32)31-9-8-30(12-21(31)34-13-27)22-18-10-17(15-4-6-16(25)7-5-15)19(26)11-20(18)28-14-29-22/h4-7,10-11,14,21H,8-9,12-13,27H2,1-3H3. The van der Waals surface area contributed by atoms with Crippen molar-refractivity contribution in [2.24, 2.45) is 5.73 Å². The van der Waals surface area contributed by atoms with Gasteiger partial charge < -0.3 is 15.4 Å². The molecule has 1 fully saturated rings. The molecule has 0 spiro atoms. The average molecular weight is 520 g/mol. The molecule has 0 radical (unpaired) electrons. The van der Waals surface area contributed by atoms with Crippen molar-refractivity contribution >= 4 is 57.8 Å². The molecule has 34 heavy (non-hydrogen) atoms. The number of aromatic nitrogens is 2. The first-order chi connectivity index (χ1) is 16.2. The van der Waals surface area contributed by atoms with Gasteiger partial charge in [0.15, 0.2) is 0 Å². The molecular weight excluding hydrogens is 493 g/mol. The molecule has 2 heterocycles. The fourth-order valence-electron chi connectivity index (χ4n) is 3.89. The van der Waals surface area contributed by atoms with Gasteiger partial charge in [0.2, 0.25) is 0 Å². The lowest BCUT2D eigenvalue weighted by Crippen LogP contribution is -2.55. The fourth-order valence-corrected chi connectivity index (χ4v) is 5.16. The molecule has 1 saturated heterocycles. The van der Waals surface area contributed by atoms with Crippen LogP contribution < -0.4 is 10.6 Å². The monoisotopic (exact) mass is 519 g/mol. The second-order valence-corrected chi connectivity index (χ2v) is 11.0. The molecule has 3 aromatic rings. The molecule has 10 heteroatoms. The lowest BCUT2D eigenvalue weighted by molar-refractivity contribution is 0.0215. The maximum atomic E-state index is 12.8. The summed E-state index contributed by atoms with van der Waals surface area (Å²) in [7, 11) is 0. The molecule has 7 nitrogen and oxygen atoms in total. The van der Waals surface area contributed by atoms with Crippen LogP contribution in [0, 0.1) is 0 Å². The molecule has 180 valence electrons. The van der Waals surface area contributed by atoms with Gasteiger partial charge in [0, 0.05) is 41.5 Å². The fraction of sp³-hybridized carbons (Fsp3) is 0.375. The van der Waals surface area contributed by atoms with Gasteiger partial charge >= 0.3 is 6.09 Å². The van der Waals surface area contributed by atoms with Crippen molar-refractivity contribution in [3.05, 3.63) is 52.8 Å². The van der Waals surface area contributed by atoms with E-state index in [1.54, 1.807) is 11.2 Å². The Morgan fingerprint density at radius 3 is 2.59 bits per heavy atom. The normalized spacial score (nSPS) is 16.7. The Kier molecular flexibility index (Phi) is 7.42. The molecule has 1 amide bonds. The van der Waals surface area contributed by atoms with E-state index in [2.05, 4.69) is 14.9 Å². The molecular formula is C24H27Cl2N5O2S. The zero-order chi connectivity index (χ0) is 24.5. The third-order valence-corrected chi connectivity index (χ3v) is 6.95. The van der Waals surface area contributed by atoms with Gasteiger partial charge in [-0.2, -0.15) is 0 Å². The maximum absolute atomic E-state index is 12.8. The van der Waals surface area contributed by atoms with Gasteiger partial charge in [-0.1, -0.05) is 35.3 Å². The summed E-state index contributed by atoms with van der Waals surface area (Å²) < 4.78 is 5.62. The summed E-state index contributed by atoms with van der Waals surface area (Å²) in [5.41, 5.74) is 7.88. The van der Waals surface area contributed by atoms with Gasteiger partial charge in [0.05, 0.1) is 15.9 Å². The number of benzene rings is 2. The van der Waals surface area contributed by atoms with Gasteiger partial charge in [-0.05, 0) is 50.6 Å². The number of piperazine rings is 1. The topological polar surface area (TPSA) is 84.6 Å². The van der Waals surface area contributed by atoms with E-state index in [1.165, 1.54) is 11.8 Å². The molecule has 0 saturated carbocycles. The quantitative estimate of drug-likeness (QED) is 0.446. The van der Waals surface area contributed by atoms with Crippen molar-refractivity contribution in [1.82, 2.24) is 14.9 Å². The van der Waals surface area contributed by atoms with Crippen LogP contribution in [0.3, 0.4) is 0 Å². The zero-order valence-corrected chi connectivity index (χ0v) is 21.6. The lowest BCUT2D eigenvalue weighted by atomic mass is 10.0. The van der Waals surface area contributed by atoms with Crippen LogP contribution in [0.15, 0.2) is 42.7 Å². The average Bonchev–Trinajstić information content (AvgIpc) is 2.78. The first-order valence-electron chi connectivity index (χ1n) is 10.9. The molecule has 1 aliphatic rings. The van der Waals surface area contributed by atoms with E-state index in [-0.39, 0.29) is 11.5 Å².